The van der Waals surface area contributed by atoms with Gasteiger partial charge in [-0.1, -0.05) is 12.5 Å². The van der Waals surface area contributed by atoms with Crippen LogP contribution in [0.25, 0.3) is 0 Å². The first-order chi connectivity index (χ1) is 9.78. The van der Waals surface area contributed by atoms with Crippen molar-refractivity contribution in [2.24, 2.45) is 5.10 Å². The lowest BCUT2D eigenvalue weighted by molar-refractivity contribution is -0.119. The number of hydrogen-bond acceptors (Lipinski definition) is 4. The number of methoxy groups -OCH3 is 1. The molecule has 1 aromatic rings. The normalized spacial score (nSPS) is 14.6. The summed E-state index contributed by atoms with van der Waals surface area (Å²) >= 11 is 0. The maximum absolute atomic E-state index is 11.7. The Kier molecular flexibility index (Phi) is 5.41. The molecule has 0 aliphatic heterocycles. The largest absolute Gasteiger partial charge is 0.497 e. The molecule has 2 rings (SSSR count). The van der Waals surface area contributed by atoms with E-state index in [1.165, 1.54) is 19.3 Å². The molecule has 2 N–H and O–H groups in total. The molecule has 0 aromatic heterocycles. The topological polar surface area (TPSA) is 62.7 Å². The van der Waals surface area contributed by atoms with Gasteiger partial charge in [-0.05, 0) is 37.8 Å². The van der Waals surface area contributed by atoms with Gasteiger partial charge in [0.05, 0.1) is 13.7 Å². The van der Waals surface area contributed by atoms with Gasteiger partial charge in [-0.15, -0.1) is 0 Å². The summed E-state index contributed by atoms with van der Waals surface area (Å²) in [7, 11) is 1.62. The van der Waals surface area contributed by atoms with Crippen LogP contribution in [0.4, 0.5) is 5.69 Å². The lowest BCUT2D eigenvalue weighted by atomic mass is 9.99. The van der Waals surface area contributed by atoms with Gasteiger partial charge in [-0.3, -0.25) is 4.79 Å². The molecular weight excluding hydrogens is 254 g/mol. The van der Waals surface area contributed by atoms with Crippen molar-refractivity contribution in [3.8, 4) is 5.75 Å². The minimum Gasteiger partial charge on any atom is -0.497 e. The maximum atomic E-state index is 11.7. The third kappa shape index (κ3) is 4.57. The van der Waals surface area contributed by atoms with Crippen molar-refractivity contribution < 1.29 is 9.53 Å². The predicted molar refractivity (Wildman–Crippen MR) is 80.1 cm³/mol. The van der Waals surface area contributed by atoms with Crippen molar-refractivity contribution in [2.45, 2.75) is 32.1 Å². The van der Waals surface area contributed by atoms with Gasteiger partial charge < -0.3 is 10.1 Å². The van der Waals surface area contributed by atoms with E-state index in [-0.39, 0.29) is 12.5 Å². The standard InChI is InChI=1S/C15H21N3O2/c1-20-14-9-5-8-13(10-14)16-11-15(19)18-17-12-6-3-2-4-7-12/h5,8-10,16H,2-4,6-7,11H2,1H3,(H,18,19). The number of nitrogens with zero attached hydrogens (tertiary/aromatic N) is 1. The Hall–Kier alpha value is -2.04. The zero-order valence-corrected chi connectivity index (χ0v) is 11.8. The van der Waals surface area contributed by atoms with E-state index < -0.39 is 0 Å². The van der Waals surface area contributed by atoms with Gasteiger partial charge in [0.15, 0.2) is 0 Å². The van der Waals surface area contributed by atoms with E-state index in [1.807, 2.05) is 24.3 Å². The molecule has 0 spiro atoms. The van der Waals surface area contributed by atoms with Crippen LogP contribution in [-0.4, -0.2) is 25.3 Å². The monoisotopic (exact) mass is 275 g/mol. The fourth-order valence-corrected chi connectivity index (χ4v) is 2.17. The fraction of sp³-hybridized carbons (Fsp3) is 0.467. The number of amides is 1. The number of ether oxygens (including phenoxy) is 1. The van der Waals surface area contributed by atoms with Crippen LogP contribution in [0.3, 0.4) is 0 Å². The summed E-state index contributed by atoms with van der Waals surface area (Å²) in [6.07, 6.45) is 5.63. The van der Waals surface area contributed by atoms with E-state index in [0.29, 0.717) is 0 Å². The van der Waals surface area contributed by atoms with E-state index in [4.69, 9.17) is 4.74 Å². The van der Waals surface area contributed by atoms with Gasteiger partial charge in [0.1, 0.15) is 5.75 Å². The number of carbonyl (C=O) groups excluding carboxylic acids is 1. The zero-order chi connectivity index (χ0) is 14.2. The Bertz CT molecular complexity index is 478. The van der Waals surface area contributed by atoms with Crippen LogP contribution in [0.2, 0.25) is 0 Å². The quantitative estimate of drug-likeness (QED) is 0.812. The molecule has 0 radical (unpaired) electrons. The molecule has 108 valence electrons. The van der Waals surface area contributed by atoms with Crippen LogP contribution >= 0.6 is 0 Å². The molecular formula is C15H21N3O2. The number of carbonyl (C=O) groups is 1. The van der Waals surface area contributed by atoms with E-state index in [2.05, 4.69) is 15.8 Å². The Morgan fingerprint density at radius 1 is 1.30 bits per heavy atom. The summed E-state index contributed by atoms with van der Waals surface area (Å²) in [4.78, 5) is 11.7. The highest BCUT2D eigenvalue weighted by molar-refractivity contribution is 5.87. The number of hydrazone groups is 1. The first-order valence-electron chi connectivity index (χ1n) is 7.00. The summed E-state index contributed by atoms with van der Waals surface area (Å²) in [5, 5.41) is 7.23. The fourth-order valence-electron chi connectivity index (χ4n) is 2.17. The Morgan fingerprint density at radius 2 is 2.10 bits per heavy atom. The molecule has 0 saturated heterocycles. The SMILES string of the molecule is COc1cccc(NCC(=O)NN=C2CCCCC2)c1. The maximum Gasteiger partial charge on any atom is 0.259 e. The molecule has 1 aliphatic carbocycles. The Labute approximate surface area is 119 Å². The van der Waals surface area contributed by atoms with E-state index in [9.17, 15) is 4.79 Å². The van der Waals surface area contributed by atoms with E-state index in [1.54, 1.807) is 7.11 Å². The third-order valence-corrected chi connectivity index (χ3v) is 3.29. The highest BCUT2D eigenvalue weighted by atomic mass is 16.5. The summed E-state index contributed by atoms with van der Waals surface area (Å²) in [5.41, 5.74) is 4.56. The number of rotatable bonds is 5. The molecule has 1 aliphatic rings. The summed E-state index contributed by atoms with van der Waals surface area (Å²) in [6.45, 7) is 0.198. The second-order valence-electron chi connectivity index (χ2n) is 4.86. The van der Waals surface area contributed by atoms with Crippen molar-refractivity contribution in [3.05, 3.63) is 24.3 Å². The minimum atomic E-state index is -0.133. The van der Waals surface area contributed by atoms with E-state index in [0.717, 1.165) is 30.0 Å². The van der Waals surface area contributed by atoms with Crippen molar-refractivity contribution >= 4 is 17.3 Å². The predicted octanol–water partition coefficient (Wildman–Crippen LogP) is 2.54. The van der Waals surface area contributed by atoms with Crippen LogP contribution in [0.5, 0.6) is 5.75 Å². The van der Waals surface area contributed by atoms with Crippen molar-refractivity contribution in [1.29, 1.82) is 0 Å². The Balaban J connectivity index is 1.76. The van der Waals surface area contributed by atoms with Gasteiger partial charge in [-0.2, -0.15) is 5.10 Å². The van der Waals surface area contributed by atoms with Crippen LogP contribution in [0, 0.1) is 0 Å². The molecule has 1 amide bonds. The molecule has 1 saturated carbocycles. The lowest BCUT2D eigenvalue weighted by Crippen LogP contribution is -2.27. The van der Waals surface area contributed by atoms with Gasteiger partial charge in [0.25, 0.3) is 5.91 Å². The molecule has 0 heterocycles. The number of anilines is 1. The van der Waals surface area contributed by atoms with E-state index >= 15 is 0 Å². The smallest absolute Gasteiger partial charge is 0.259 e. The van der Waals surface area contributed by atoms with Crippen molar-refractivity contribution in [3.63, 3.8) is 0 Å². The molecule has 0 bridgehead atoms. The molecule has 5 heteroatoms. The van der Waals surface area contributed by atoms with Crippen LogP contribution in [0.15, 0.2) is 29.4 Å². The Morgan fingerprint density at radius 3 is 2.85 bits per heavy atom. The van der Waals surface area contributed by atoms with Gasteiger partial charge in [0.2, 0.25) is 0 Å². The van der Waals surface area contributed by atoms with Crippen LogP contribution in [0.1, 0.15) is 32.1 Å². The van der Waals surface area contributed by atoms with Crippen molar-refractivity contribution in [1.82, 2.24) is 5.43 Å². The first kappa shape index (κ1) is 14.4. The molecule has 0 atom stereocenters. The molecule has 1 fully saturated rings. The minimum absolute atomic E-state index is 0.133. The molecule has 0 unspecified atom stereocenters. The number of nitrogens with one attached hydrogen (secondary N) is 2. The average molecular weight is 275 g/mol. The first-order valence-corrected chi connectivity index (χ1v) is 7.00. The molecule has 5 nitrogen and oxygen atoms in total. The zero-order valence-electron chi connectivity index (χ0n) is 11.8. The highest BCUT2D eigenvalue weighted by Gasteiger charge is 2.07. The van der Waals surface area contributed by atoms with Gasteiger partial charge in [0, 0.05) is 17.5 Å². The second kappa shape index (κ2) is 7.53. The number of benzene rings is 1. The van der Waals surface area contributed by atoms with Crippen LogP contribution in [-0.2, 0) is 4.79 Å². The van der Waals surface area contributed by atoms with Crippen LogP contribution < -0.4 is 15.5 Å². The van der Waals surface area contributed by atoms with Gasteiger partial charge >= 0.3 is 0 Å². The summed E-state index contributed by atoms with van der Waals surface area (Å²) in [5.74, 6) is 0.628. The summed E-state index contributed by atoms with van der Waals surface area (Å²) in [6, 6.07) is 7.48. The summed E-state index contributed by atoms with van der Waals surface area (Å²) < 4.78 is 5.13. The van der Waals surface area contributed by atoms with Crippen molar-refractivity contribution in [2.75, 3.05) is 19.0 Å². The average Bonchev–Trinajstić information content (AvgIpc) is 2.52. The number of hydrogen-bond donors (Lipinski definition) is 2. The molecule has 1 aromatic carbocycles. The second-order valence-corrected chi connectivity index (χ2v) is 4.86. The lowest BCUT2D eigenvalue weighted by Gasteiger charge is -2.12. The third-order valence-electron chi connectivity index (χ3n) is 3.29. The highest BCUT2D eigenvalue weighted by Crippen LogP contribution is 2.16. The molecule has 20 heavy (non-hydrogen) atoms. The van der Waals surface area contributed by atoms with Gasteiger partial charge in [-0.25, -0.2) is 5.43 Å².